The van der Waals surface area contributed by atoms with Crippen molar-refractivity contribution in [2.75, 3.05) is 24.2 Å². The minimum absolute atomic E-state index is 0.121. The van der Waals surface area contributed by atoms with E-state index < -0.39 is 5.95 Å². The topological polar surface area (TPSA) is 128 Å². The van der Waals surface area contributed by atoms with Gasteiger partial charge in [0.05, 0.1) is 12.8 Å². The molecule has 2 aliphatic heterocycles. The molecule has 0 radical (unpaired) electrons. The highest BCUT2D eigenvalue weighted by Gasteiger charge is 2.39. The van der Waals surface area contributed by atoms with E-state index >= 15 is 4.39 Å². The van der Waals surface area contributed by atoms with Gasteiger partial charge >= 0.3 is 0 Å². The lowest BCUT2D eigenvalue weighted by molar-refractivity contribution is -0.130. The van der Waals surface area contributed by atoms with Crippen LogP contribution in [-0.4, -0.2) is 55.3 Å². The number of hydrogen-bond acceptors (Lipinski definition) is 7. The SMILES string of the molecule is CCOc1cc(C(=O)Nc2ccccn2)ccc1-c1nc([C@@H]2CC[C@H]3CCC(=O)N3C2)n2c(F)cnc(N)c12. The van der Waals surface area contributed by atoms with Crippen LogP contribution in [0.25, 0.3) is 16.8 Å². The highest BCUT2D eigenvalue weighted by atomic mass is 19.1. The van der Waals surface area contributed by atoms with Gasteiger partial charge in [-0.2, -0.15) is 4.39 Å². The maximum absolute atomic E-state index is 15.3. The molecule has 11 heteroatoms. The number of fused-ring (bicyclic) bond motifs is 2. The number of amides is 2. The first kappa shape index (κ1) is 24.8. The van der Waals surface area contributed by atoms with Crippen LogP contribution in [0.5, 0.6) is 5.75 Å². The second-order valence-electron chi connectivity index (χ2n) is 9.79. The molecule has 4 aromatic rings. The van der Waals surface area contributed by atoms with Crippen molar-refractivity contribution in [3.63, 3.8) is 0 Å². The van der Waals surface area contributed by atoms with Crippen molar-refractivity contribution in [3.05, 3.63) is 66.1 Å². The number of nitrogens with one attached hydrogen (secondary N) is 1. The molecule has 2 atom stereocenters. The monoisotopic (exact) mass is 529 g/mol. The normalized spacial score (nSPS) is 18.8. The summed E-state index contributed by atoms with van der Waals surface area (Å²) < 4.78 is 22.6. The smallest absolute Gasteiger partial charge is 0.256 e. The van der Waals surface area contributed by atoms with E-state index in [0.29, 0.717) is 59.3 Å². The van der Waals surface area contributed by atoms with Crippen LogP contribution in [0.3, 0.4) is 0 Å². The summed E-state index contributed by atoms with van der Waals surface area (Å²) in [5.41, 5.74) is 7.94. The second-order valence-corrected chi connectivity index (χ2v) is 9.79. The molecule has 0 unspecified atom stereocenters. The van der Waals surface area contributed by atoms with Gasteiger partial charge in [-0.1, -0.05) is 6.07 Å². The molecule has 2 aliphatic rings. The fourth-order valence-corrected chi connectivity index (χ4v) is 5.63. The predicted molar refractivity (Wildman–Crippen MR) is 143 cm³/mol. The number of halogens is 1. The molecule has 39 heavy (non-hydrogen) atoms. The van der Waals surface area contributed by atoms with E-state index in [0.717, 1.165) is 25.5 Å². The first-order chi connectivity index (χ1) is 18.9. The van der Waals surface area contributed by atoms with E-state index in [9.17, 15) is 9.59 Å². The van der Waals surface area contributed by atoms with Crippen LogP contribution in [0.2, 0.25) is 0 Å². The van der Waals surface area contributed by atoms with Crippen molar-refractivity contribution in [3.8, 4) is 17.0 Å². The molecule has 0 saturated carbocycles. The van der Waals surface area contributed by atoms with E-state index in [2.05, 4.69) is 15.3 Å². The van der Waals surface area contributed by atoms with Gasteiger partial charge in [0.1, 0.15) is 34.4 Å². The van der Waals surface area contributed by atoms with Crippen LogP contribution >= 0.6 is 0 Å². The third-order valence-corrected chi connectivity index (χ3v) is 7.46. The number of imidazole rings is 1. The third kappa shape index (κ3) is 4.43. The Bertz CT molecular complexity index is 1570. The van der Waals surface area contributed by atoms with Crippen molar-refractivity contribution in [1.29, 1.82) is 0 Å². The third-order valence-electron chi connectivity index (χ3n) is 7.46. The van der Waals surface area contributed by atoms with Gasteiger partial charge in [-0.15, -0.1) is 0 Å². The Morgan fingerprint density at radius 3 is 2.87 bits per heavy atom. The Hall–Kier alpha value is -4.54. The zero-order valence-electron chi connectivity index (χ0n) is 21.4. The minimum atomic E-state index is -0.591. The fraction of sp³-hybridized carbons (Fsp3) is 0.321. The van der Waals surface area contributed by atoms with Crippen LogP contribution in [0.1, 0.15) is 54.7 Å². The summed E-state index contributed by atoms with van der Waals surface area (Å²) in [5, 5.41) is 2.76. The number of ether oxygens (including phenoxy) is 1. The summed E-state index contributed by atoms with van der Waals surface area (Å²) in [5.74, 6) is 0.461. The molecule has 10 nitrogen and oxygen atoms in total. The number of nitrogen functional groups attached to an aromatic ring is 1. The van der Waals surface area contributed by atoms with Gasteiger partial charge in [0.15, 0.2) is 0 Å². The quantitative estimate of drug-likeness (QED) is 0.386. The van der Waals surface area contributed by atoms with E-state index in [-0.39, 0.29) is 29.6 Å². The van der Waals surface area contributed by atoms with Gasteiger partial charge in [0.2, 0.25) is 11.9 Å². The molecule has 0 bridgehead atoms. The van der Waals surface area contributed by atoms with Crippen LogP contribution in [0.4, 0.5) is 16.0 Å². The standard InChI is InChI=1S/C28H28FN7O3/c1-2-39-20-13-16(28(38)33-22-5-3-4-12-31-22)7-10-19(20)24-25-26(30)32-14-21(29)36(25)27(34-24)17-6-8-18-9-11-23(37)35(18)15-17/h3-5,7,10,12-14,17-18H,2,6,8-9,11,15H2,1H3,(H2,30,32)(H,31,33,38)/t17-,18+/m1/s1. The Labute approximate surface area is 224 Å². The Morgan fingerprint density at radius 2 is 2.08 bits per heavy atom. The highest BCUT2D eigenvalue weighted by molar-refractivity contribution is 6.04. The van der Waals surface area contributed by atoms with Crippen molar-refractivity contribution in [1.82, 2.24) is 24.3 Å². The summed E-state index contributed by atoms with van der Waals surface area (Å²) in [6.45, 7) is 2.65. The predicted octanol–water partition coefficient (Wildman–Crippen LogP) is 4.03. The Kier molecular flexibility index (Phi) is 6.34. The van der Waals surface area contributed by atoms with Gasteiger partial charge in [-0.25, -0.2) is 15.0 Å². The van der Waals surface area contributed by atoms with E-state index in [1.165, 1.54) is 4.40 Å². The molecule has 5 heterocycles. The second kappa shape index (κ2) is 9.97. The Balaban J connectivity index is 1.43. The number of aromatic nitrogens is 4. The molecule has 6 rings (SSSR count). The molecule has 2 fully saturated rings. The number of nitrogens with zero attached hydrogens (tertiary/aromatic N) is 5. The maximum atomic E-state index is 15.3. The zero-order valence-corrected chi connectivity index (χ0v) is 21.4. The molecule has 0 aliphatic carbocycles. The van der Waals surface area contributed by atoms with E-state index in [1.807, 2.05) is 11.8 Å². The lowest BCUT2D eigenvalue weighted by atomic mass is 9.92. The number of carbonyl (C=O) groups excluding carboxylic acids is 2. The van der Waals surface area contributed by atoms with E-state index in [1.54, 1.807) is 42.6 Å². The number of rotatable bonds is 6. The number of nitrogens with two attached hydrogens (primary N) is 1. The van der Waals surface area contributed by atoms with Gasteiger partial charge in [0, 0.05) is 42.2 Å². The molecule has 3 N–H and O–H groups in total. The van der Waals surface area contributed by atoms with Crippen molar-refractivity contribution >= 4 is 29.0 Å². The lowest BCUT2D eigenvalue weighted by Gasteiger charge is -2.34. The highest BCUT2D eigenvalue weighted by Crippen LogP contribution is 2.40. The molecular formula is C28H28FN7O3. The molecular weight excluding hydrogens is 501 g/mol. The van der Waals surface area contributed by atoms with E-state index in [4.69, 9.17) is 15.5 Å². The van der Waals surface area contributed by atoms with Gasteiger partial charge in [0.25, 0.3) is 5.91 Å². The van der Waals surface area contributed by atoms with Crippen LogP contribution < -0.4 is 15.8 Å². The van der Waals surface area contributed by atoms with Crippen molar-refractivity contribution in [2.45, 2.75) is 44.6 Å². The molecule has 1 aromatic carbocycles. The zero-order chi connectivity index (χ0) is 27.1. The summed E-state index contributed by atoms with van der Waals surface area (Å²) in [6.07, 6.45) is 5.71. The molecule has 200 valence electrons. The van der Waals surface area contributed by atoms with Gasteiger partial charge in [-0.05, 0) is 56.5 Å². The number of benzene rings is 1. The number of piperidine rings is 1. The molecule has 2 amide bonds. The van der Waals surface area contributed by atoms with Crippen LogP contribution in [0, 0.1) is 5.95 Å². The average molecular weight is 530 g/mol. The molecule has 3 aromatic heterocycles. The maximum Gasteiger partial charge on any atom is 0.256 e. The van der Waals surface area contributed by atoms with Crippen LogP contribution in [-0.2, 0) is 4.79 Å². The van der Waals surface area contributed by atoms with Gasteiger partial charge < -0.3 is 20.7 Å². The first-order valence-electron chi connectivity index (χ1n) is 13.1. The lowest BCUT2D eigenvalue weighted by Crippen LogP contribution is -2.41. The summed E-state index contributed by atoms with van der Waals surface area (Å²) in [4.78, 5) is 40.4. The van der Waals surface area contributed by atoms with Crippen molar-refractivity contribution in [2.24, 2.45) is 0 Å². The number of anilines is 2. The summed E-state index contributed by atoms with van der Waals surface area (Å²) in [6, 6.07) is 10.5. The summed E-state index contributed by atoms with van der Waals surface area (Å²) in [7, 11) is 0. The van der Waals surface area contributed by atoms with Crippen molar-refractivity contribution < 1.29 is 18.7 Å². The number of pyridine rings is 1. The summed E-state index contributed by atoms with van der Waals surface area (Å²) >= 11 is 0. The Morgan fingerprint density at radius 1 is 1.21 bits per heavy atom. The average Bonchev–Trinajstić information content (AvgIpc) is 3.53. The van der Waals surface area contributed by atoms with Crippen LogP contribution in [0.15, 0.2) is 48.8 Å². The minimum Gasteiger partial charge on any atom is -0.493 e. The van der Waals surface area contributed by atoms with Gasteiger partial charge in [-0.3, -0.25) is 14.0 Å². The number of carbonyl (C=O) groups is 2. The first-order valence-corrected chi connectivity index (χ1v) is 13.1. The molecule has 2 saturated heterocycles. The largest absolute Gasteiger partial charge is 0.493 e. The fourth-order valence-electron chi connectivity index (χ4n) is 5.63. The number of hydrogen-bond donors (Lipinski definition) is 2. The molecule has 0 spiro atoms.